The Morgan fingerprint density at radius 3 is 2.62 bits per heavy atom. The van der Waals surface area contributed by atoms with Crippen molar-refractivity contribution in [3.8, 4) is 11.5 Å². The van der Waals surface area contributed by atoms with Crippen LogP contribution in [0.15, 0.2) is 48.5 Å². The molecule has 0 saturated carbocycles. The molecule has 0 unspecified atom stereocenters. The van der Waals surface area contributed by atoms with Crippen molar-refractivity contribution in [1.82, 2.24) is 4.90 Å². The molecule has 0 aliphatic carbocycles. The van der Waals surface area contributed by atoms with Crippen LogP contribution in [0.5, 0.6) is 11.5 Å². The van der Waals surface area contributed by atoms with E-state index in [-0.39, 0.29) is 19.0 Å². The summed E-state index contributed by atoms with van der Waals surface area (Å²) in [5.41, 5.74) is 0.852. The van der Waals surface area contributed by atoms with Gasteiger partial charge in [0.15, 0.2) is 5.78 Å². The van der Waals surface area contributed by atoms with Gasteiger partial charge in [0.1, 0.15) is 11.5 Å². The molecule has 1 saturated heterocycles. The van der Waals surface area contributed by atoms with Crippen molar-refractivity contribution < 1.29 is 19.4 Å². The SMILES string of the molecule is O=C(CC1(O)CCN(Cc2ccccc2)CC1)c1ccc2cc1OCO2. The average Bonchev–Trinajstić information content (AvgIpc) is 2.65. The first-order chi connectivity index (χ1) is 12.6. The Morgan fingerprint density at radius 1 is 1.08 bits per heavy atom. The smallest absolute Gasteiger partial charge is 0.230 e. The fraction of sp³-hybridized carbons (Fsp3) is 0.381. The van der Waals surface area contributed by atoms with Gasteiger partial charge in [-0.15, -0.1) is 0 Å². The van der Waals surface area contributed by atoms with Crippen LogP contribution < -0.4 is 9.47 Å². The standard InChI is InChI=1S/C21H23NO4/c23-19(18-7-6-17-12-20(18)26-15-25-17)13-21(24)8-10-22(11-9-21)14-16-4-2-1-3-5-16/h1-7,12,24H,8-11,13-15H2. The fourth-order valence-electron chi connectivity index (χ4n) is 3.64. The molecule has 5 heteroatoms. The van der Waals surface area contributed by atoms with E-state index in [4.69, 9.17) is 9.47 Å². The Balaban J connectivity index is 1.36. The molecule has 26 heavy (non-hydrogen) atoms. The number of fused-ring (bicyclic) bond motifs is 2. The summed E-state index contributed by atoms with van der Waals surface area (Å²) in [4.78, 5) is 15.0. The number of benzene rings is 2. The lowest BCUT2D eigenvalue weighted by Gasteiger charge is -2.38. The van der Waals surface area contributed by atoms with Crippen molar-refractivity contribution in [2.75, 3.05) is 19.9 Å². The minimum Gasteiger partial charge on any atom is -0.457 e. The van der Waals surface area contributed by atoms with Crippen molar-refractivity contribution in [2.45, 2.75) is 31.4 Å². The molecule has 0 aromatic heterocycles. The maximum Gasteiger partial charge on any atom is 0.230 e. The quantitative estimate of drug-likeness (QED) is 0.838. The number of carbonyl (C=O) groups excluding carboxylic acids is 1. The van der Waals surface area contributed by atoms with Crippen molar-refractivity contribution in [3.05, 3.63) is 59.7 Å². The Bertz CT molecular complexity index is 782. The van der Waals surface area contributed by atoms with Crippen molar-refractivity contribution >= 4 is 5.78 Å². The lowest BCUT2D eigenvalue weighted by Crippen LogP contribution is -2.45. The second-order valence-electron chi connectivity index (χ2n) is 7.15. The van der Waals surface area contributed by atoms with Crippen LogP contribution in [-0.4, -0.2) is 41.3 Å². The second kappa shape index (κ2) is 7.09. The van der Waals surface area contributed by atoms with Gasteiger partial charge >= 0.3 is 0 Å². The highest BCUT2D eigenvalue weighted by atomic mass is 16.7. The molecule has 2 bridgehead atoms. The summed E-state index contributed by atoms with van der Waals surface area (Å²) in [7, 11) is 0. The van der Waals surface area contributed by atoms with E-state index >= 15 is 0 Å². The lowest BCUT2D eigenvalue weighted by molar-refractivity contribution is -0.0242. The van der Waals surface area contributed by atoms with Crippen molar-refractivity contribution in [3.63, 3.8) is 0 Å². The molecule has 0 amide bonds. The number of hydrogen-bond acceptors (Lipinski definition) is 5. The number of rotatable bonds is 5. The minimum absolute atomic E-state index is 0.0764. The Labute approximate surface area is 153 Å². The molecule has 2 aliphatic rings. The van der Waals surface area contributed by atoms with Crippen LogP contribution in [0.2, 0.25) is 0 Å². The number of Topliss-reactive ketones (excluding diaryl/α,β-unsaturated/α-hetero) is 1. The normalized spacial score (nSPS) is 18.7. The molecule has 0 spiro atoms. The highest BCUT2D eigenvalue weighted by Gasteiger charge is 2.35. The summed E-state index contributed by atoms with van der Waals surface area (Å²) in [5, 5.41) is 10.9. The molecule has 1 fully saturated rings. The van der Waals surface area contributed by atoms with Crippen LogP contribution in [0.4, 0.5) is 0 Å². The lowest BCUT2D eigenvalue weighted by atomic mass is 9.85. The van der Waals surface area contributed by atoms with E-state index in [0.29, 0.717) is 29.9 Å². The zero-order chi connectivity index (χ0) is 18.0. The zero-order valence-electron chi connectivity index (χ0n) is 14.7. The van der Waals surface area contributed by atoms with E-state index in [0.717, 1.165) is 19.6 Å². The van der Waals surface area contributed by atoms with Gasteiger partial charge in [-0.05, 0) is 30.5 Å². The number of ether oxygens (including phenoxy) is 2. The van der Waals surface area contributed by atoms with Gasteiger partial charge in [0.2, 0.25) is 6.79 Å². The predicted octanol–water partition coefficient (Wildman–Crippen LogP) is 3.02. The number of piperidine rings is 1. The number of carbonyl (C=O) groups is 1. The largest absolute Gasteiger partial charge is 0.457 e. The summed E-state index contributed by atoms with van der Waals surface area (Å²) in [6.07, 6.45) is 1.33. The summed E-state index contributed by atoms with van der Waals surface area (Å²) >= 11 is 0. The average molecular weight is 353 g/mol. The first kappa shape index (κ1) is 17.1. The molecule has 2 aromatic carbocycles. The maximum absolute atomic E-state index is 12.7. The molecule has 2 aromatic rings. The van der Waals surface area contributed by atoms with Crippen LogP contribution in [-0.2, 0) is 6.54 Å². The van der Waals surface area contributed by atoms with Crippen LogP contribution in [0.3, 0.4) is 0 Å². The number of likely N-dealkylation sites (tertiary alicyclic amines) is 1. The van der Waals surface area contributed by atoms with Gasteiger partial charge < -0.3 is 14.6 Å². The minimum atomic E-state index is -0.944. The molecule has 2 heterocycles. The van der Waals surface area contributed by atoms with Crippen molar-refractivity contribution in [1.29, 1.82) is 0 Å². The fourth-order valence-corrected chi connectivity index (χ4v) is 3.64. The molecule has 2 aliphatic heterocycles. The summed E-state index contributed by atoms with van der Waals surface area (Å²) < 4.78 is 10.7. The third-order valence-electron chi connectivity index (χ3n) is 5.22. The topological polar surface area (TPSA) is 59.0 Å². The Hall–Kier alpha value is -2.37. The van der Waals surface area contributed by atoms with E-state index in [2.05, 4.69) is 17.0 Å². The first-order valence-electron chi connectivity index (χ1n) is 9.03. The molecular formula is C21H23NO4. The third-order valence-corrected chi connectivity index (χ3v) is 5.22. The van der Waals surface area contributed by atoms with Gasteiger partial charge in [0.25, 0.3) is 0 Å². The van der Waals surface area contributed by atoms with E-state index in [1.54, 1.807) is 18.2 Å². The van der Waals surface area contributed by atoms with E-state index < -0.39 is 5.60 Å². The highest BCUT2D eigenvalue weighted by Crippen LogP contribution is 2.33. The Kier molecular flexibility index (Phi) is 4.66. The summed E-state index contributed by atoms with van der Waals surface area (Å²) in [6.45, 7) is 2.58. The van der Waals surface area contributed by atoms with Crippen LogP contribution in [0.25, 0.3) is 0 Å². The molecule has 4 rings (SSSR count). The molecule has 1 N–H and O–H groups in total. The Morgan fingerprint density at radius 2 is 1.85 bits per heavy atom. The summed E-state index contributed by atoms with van der Waals surface area (Å²) in [5.74, 6) is 1.17. The van der Waals surface area contributed by atoms with Gasteiger partial charge in [-0.2, -0.15) is 0 Å². The molecular weight excluding hydrogens is 330 g/mol. The van der Waals surface area contributed by atoms with Crippen LogP contribution >= 0.6 is 0 Å². The maximum atomic E-state index is 12.7. The monoisotopic (exact) mass is 353 g/mol. The van der Waals surface area contributed by atoms with Gasteiger partial charge in [-0.1, -0.05) is 30.3 Å². The second-order valence-corrected chi connectivity index (χ2v) is 7.15. The molecule has 0 atom stereocenters. The van der Waals surface area contributed by atoms with Gasteiger partial charge in [-0.25, -0.2) is 0 Å². The molecule has 5 nitrogen and oxygen atoms in total. The van der Waals surface area contributed by atoms with E-state index in [9.17, 15) is 9.90 Å². The number of nitrogens with zero attached hydrogens (tertiary/aromatic N) is 1. The highest BCUT2D eigenvalue weighted by molar-refractivity contribution is 5.99. The van der Waals surface area contributed by atoms with Crippen LogP contribution in [0.1, 0.15) is 35.2 Å². The van der Waals surface area contributed by atoms with Crippen molar-refractivity contribution in [2.24, 2.45) is 0 Å². The first-order valence-corrected chi connectivity index (χ1v) is 9.03. The van der Waals surface area contributed by atoms with E-state index in [1.165, 1.54) is 5.56 Å². The summed E-state index contributed by atoms with van der Waals surface area (Å²) in [6, 6.07) is 15.5. The third kappa shape index (κ3) is 3.74. The number of aliphatic hydroxyl groups is 1. The number of ketones is 1. The van der Waals surface area contributed by atoms with E-state index in [1.807, 2.05) is 18.2 Å². The van der Waals surface area contributed by atoms with Crippen LogP contribution in [0, 0.1) is 0 Å². The molecule has 136 valence electrons. The number of hydrogen-bond donors (Lipinski definition) is 1. The molecule has 0 radical (unpaired) electrons. The van der Waals surface area contributed by atoms with Gasteiger partial charge in [0.05, 0.1) is 11.2 Å². The predicted molar refractivity (Wildman–Crippen MR) is 97.4 cm³/mol. The van der Waals surface area contributed by atoms with Gasteiger partial charge in [-0.3, -0.25) is 9.69 Å². The van der Waals surface area contributed by atoms with Gasteiger partial charge in [0, 0.05) is 32.1 Å². The zero-order valence-corrected chi connectivity index (χ0v) is 14.7.